The van der Waals surface area contributed by atoms with Crippen molar-refractivity contribution in [3.05, 3.63) is 71.2 Å². The van der Waals surface area contributed by atoms with Crippen LogP contribution in [0, 0.1) is 0 Å². The number of amides is 1. The standard InChI is InChI=1S/C24H26N2O3S/c1-16(2)28-20-11-9-19(10-12-20)23-25-21(15-30-23)24(27)26-13-17(3)29-22(14-26)18-7-5-4-6-8-18/h4-12,15-17,22H,13-14H2,1-3H3. The summed E-state index contributed by atoms with van der Waals surface area (Å²) < 4.78 is 11.8. The second-order valence-electron chi connectivity index (χ2n) is 7.79. The van der Waals surface area contributed by atoms with Gasteiger partial charge in [-0.3, -0.25) is 4.79 Å². The molecule has 5 nitrogen and oxygen atoms in total. The van der Waals surface area contributed by atoms with Crippen LogP contribution in [0.25, 0.3) is 10.6 Å². The Morgan fingerprint density at radius 2 is 1.87 bits per heavy atom. The normalized spacial score (nSPS) is 19.1. The van der Waals surface area contributed by atoms with Crippen LogP contribution in [0.15, 0.2) is 60.0 Å². The molecule has 0 saturated carbocycles. The van der Waals surface area contributed by atoms with E-state index in [1.807, 2.05) is 85.6 Å². The van der Waals surface area contributed by atoms with E-state index in [9.17, 15) is 4.79 Å². The number of ether oxygens (including phenoxy) is 2. The topological polar surface area (TPSA) is 51.7 Å². The summed E-state index contributed by atoms with van der Waals surface area (Å²) in [5.74, 6) is 0.782. The molecule has 3 aromatic rings. The lowest BCUT2D eigenvalue weighted by Crippen LogP contribution is -2.46. The van der Waals surface area contributed by atoms with Gasteiger partial charge in [0.05, 0.1) is 18.8 Å². The van der Waals surface area contributed by atoms with Crippen LogP contribution in [-0.2, 0) is 4.74 Å². The van der Waals surface area contributed by atoms with E-state index >= 15 is 0 Å². The minimum Gasteiger partial charge on any atom is -0.491 e. The molecule has 2 atom stereocenters. The highest BCUT2D eigenvalue weighted by molar-refractivity contribution is 7.13. The smallest absolute Gasteiger partial charge is 0.273 e. The Kier molecular flexibility index (Phi) is 6.16. The van der Waals surface area contributed by atoms with Crippen LogP contribution < -0.4 is 4.74 Å². The molecule has 1 saturated heterocycles. The van der Waals surface area contributed by atoms with Gasteiger partial charge in [0.15, 0.2) is 0 Å². The molecular formula is C24H26N2O3S. The summed E-state index contributed by atoms with van der Waals surface area (Å²) in [6.45, 7) is 7.10. The van der Waals surface area contributed by atoms with Gasteiger partial charge in [0, 0.05) is 17.5 Å². The van der Waals surface area contributed by atoms with Crippen molar-refractivity contribution in [2.45, 2.75) is 39.1 Å². The van der Waals surface area contributed by atoms with Gasteiger partial charge in [-0.25, -0.2) is 4.98 Å². The van der Waals surface area contributed by atoms with E-state index in [2.05, 4.69) is 4.98 Å². The Balaban J connectivity index is 1.48. The van der Waals surface area contributed by atoms with Crippen molar-refractivity contribution in [3.8, 4) is 16.3 Å². The summed E-state index contributed by atoms with van der Waals surface area (Å²) in [4.78, 5) is 19.6. The van der Waals surface area contributed by atoms with Gasteiger partial charge in [-0.15, -0.1) is 11.3 Å². The zero-order valence-corrected chi connectivity index (χ0v) is 18.3. The first-order chi connectivity index (χ1) is 14.5. The first-order valence-corrected chi connectivity index (χ1v) is 11.1. The van der Waals surface area contributed by atoms with Crippen molar-refractivity contribution in [2.75, 3.05) is 13.1 Å². The van der Waals surface area contributed by atoms with Crippen LogP contribution in [0.3, 0.4) is 0 Å². The van der Waals surface area contributed by atoms with Crippen molar-refractivity contribution >= 4 is 17.2 Å². The molecule has 1 fully saturated rings. The molecule has 1 aliphatic rings. The minimum absolute atomic E-state index is 0.0282. The maximum atomic E-state index is 13.1. The van der Waals surface area contributed by atoms with Crippen molar-refractivity contribution < 1.29 is 14.3 Å². The van der Waals surface area contributed by atoms with Gasteiger partial charge in [0.25, 0.3) is 5.91 Å². The molecule has 0 spiro atoms. The lowest BCUT2D eigenvalue weighted by atomic mass is 10.1. The van der Waals surface area contributed by atoms with Crippen LogP contribution in [0.5, 0.6) is 5.75 Å². The van der Waals surface area contributed by atoms with E-state index < -0.39 is 0 Å². The maximum absolute atomic E-state index is 13.1. The molecule has 156 valence electrons. The van der Waals surface area contributed by atoms with Gasteiger partial charge in [0.2, 0.25) is 0 Å². The minimum atomic E-state index is -0.120. The predicted molar refractivity (Wildman–Crippen MR) is 119 cm³/mol. The molecule has 2 heterocycles. The Hall–Kier alpha value is -2.70. The average Bonchev–Trinajstić information content (AvgIpc) is 3.24. The average molecular weight is 423 g/mol. The second kappa shape index (κ2) is 8.98. The van der Waals surface area contributed by atoms with E-state index in [0.717, 1.165) is 21.9 Å². The van der Waals surface area contributed by atoms with Gasteiger partial charge in [0.1, 0.15) is 22.6 Å². The third-order valence-electron chi connectivity index (χ3n) is 4.92. The van der Waals surface area contributed by atoms with Crippen LogP contribution in [0.4, 0.5) is 0 Å². The van der Waals surface area contributed by atoms with Gasteiger partial charge >= 0.3 is 0 Å². The Labute approximate surface area is 181 Å². The first-order valence-electron chi connectivity index (χ1n) is 10.2. The van der Waals surface area contributed by atoms with Crippen LogP contribution in [-0.4, -0.2) is 41.1 Å². The number of rotatable bonds is 5. The Morgan fingerprint density at radius 3 is 2.57 bits per heavy atom. The summed E-state index contributed by atoms with van der Waals surface area (Å²) in [7, 11) is 0. The SMILES string of the molecule is CC(C)Oc1ccc(-c2nc(C(=O)N3CC(C)OC(c4ccccc4)C3)cs2)cc1. The zero-order chi connectivity index (χ0) is 21.1. The summed E-state index contributed by atoms with van der Waals surface area (Å²) in [5.41, 5.74) is 2.55. The molecule has 1 aliphatic heterocycles. The summed E-state index contributed by atoms with van der Waals surface area (Å²) >= 11 is 1.48. The first kappa shape index (κ1) is 20.6. The number of thiazole rings is 1. The Bertz CT molecular complexity index is 985. The van der Waals surface area contributed by atoms with E-state index in [1.165, 1.54) is 11.3 Å². The van der Waals surface area contributed by atoms with E-state index in [1.54, 1.807) is 0 Å². The number of hydrogen-bond acceptors (Lipinski definition) is 5. The highest BCUT2D eigenvalue weighted by Gasteiger charge is 2.30. The van der Waals surface area contributed by atoms with Gasteiger partial charge in [-0.2, -0.15) is 0 Å². The molecule has 0 aliphatic carbocycles. The van der Waals surface area contributed by atoms with Crippen molar-refractivity contribution in [1.82, 2.24) is 9.88 Å². The molecule has 0 bridgehead atoms. The van der Waals surface area contributed by atoms with E-state index in [4.69, 9.17) is 9.47 Å². The molecule has 30 heavy (non-hydrogen) atoms. The highest BCUT2D eigenvalue weighted by Crippen LogP contribution is 2.29. The number of carbonyl (C=O) groups is 1. The number of benzene rings is 2. The van der Waals surface area contributed by atoms with Gasteiger partial charge < -0.3 is 14.4 Å². The molecule has 0 radical (unpaired) electrons. The number of morpholine rings is 1. The molecule has 2 aromatic carbocycles. The second-order valence-corrected chi connectivity index (χ2v) is 8.64. The molecule has 0 N–H and O–H groups in total. The number of nitrogens with zero attached hydrogens (tertiary/aromatic N) is 2. The molecular weight excluding hydrogens is 396 g/mol. The molecule has 4 rings (SSSR count). The molecule has 1 amide bonds. The van der Waals surface area contributed by atoms with Gasteiger partial charge in [-0.05, 0) is 50.6 Å². The van der Waals surface area contributed by atoms with E-state index in [-0.39, 0.29) is 24.2 Å². The predicted octanol–water partition coefficient (Wildman–Crippen LogP) is 5.20. The fourth-order valence-corrected chi connectivity index (χ4v) is 4.38. The fraction of sp³-hybridized carbons (Fsp3) is 0.333. The number of carbonyl (C=O) groups excluding carboxylic acids is 1. The monoisotopic (exact) mass is 422 g/mol. The lowest BCUT2D eigenvalue weighted by molar-refractivity contribution is -0.0692. The van der Waals surface area contributed by atoms with Crippen molar-refractivity contribution in [3.63, 3.8) is 0 Å². The quantitative estimate of drug-likeness (QED) is 0.567. The van der Waals surface area contributed by atoms with Crippen molar-refractivity contribution in [2.24, 2.45) is 0 Å². The third-order valence-corrected chi connectivity index (χ3v) is 5.81. The largest absolute Gasteiger partial charge is 0.491 e. The van der Waals surface area contributed by atoms with Crippen LogP contribution in [0.1, 0.15) is 42.9 Å². The van der Waals surface area contributed by atoms with Gasteiger partial charge in [-0.1, -0.05) is 30.3 Å². The molecule has 6 heteroatoms. The molecule has 1 aromatic heterocycles. The number of hydrogen-bond donors (Lipinski definition) is 0. The lowest BCUT2D eigenvalue weighted by Gasteiger charge is -2.36. The summed E-state index contributed by atoms with van der Waals surface area (Å²) in [6.07, 6.45) is -0.0133. The van der Waals surface area contributed by atoms with Crippen LogP contribution in [0.2, 0.25) is 0 Å². The third kappa shape index (κ3) is 4.71. The zero-order valence-electron chi connectivity index (χ0n) is 17.4. The Morgan fingerprint density at radius 1 is 1.13 bits per heavy atom. The molecule has 2 unspecified atom stereocenters. The van der Waals surface area contributed by atoms with E-state index in [0.29, 0.717) is 18.8 Å². The van der Waals surface area contributed by atoms with Crippen LogP contribution >= 0.6 is 11.3 Å². The highest BCUT2D eigenvalue weighted by atomic mass is 32.1. The fourth-order valence-electron chi connectivity index (χ4n) is 3.58. The maximum Gasteiger partial charge on any atom is 0.273 e. The summed E-state index contributed by atoms with van der Waals surface area (Å²) in [5, 5.41) is 2.67. The number of aromatic nitrogens is 1. The van der Waals surface area contributed by atoms with Crippen molar-refractivity contribution in [1.29, 1.82) is 0 Å². The summed E-state index contributed by atoms with van der Waals surface area (Å²) in [6, 6.07) is 17.9.